The zero-order chi connectivity index (χ0) is 22.4. The van der Waals surface area contributed by atoms with Crippen LogP contribution in [0.5, 0.6) is 5.75 Å². The van der Waals surface area contributed by atoms with E-state index in [0.717, 1.165) is 35.6 Å². The number of unbranched alkanes of at least 4 members (excludes halogenated alkanes) is 2. The molecule has 0 amide bonds. The third-order valence-corrected chi connectivity index (χ3v) is 4.73. The Morgan fingerprint density at radius 3 is 2.41 bits per heavy atom. The molecule has 6 nitrogen and oxygen atoms in total. The molecule has 3 aromatic rings. The van der Waals surface area contributed by atoms with Gasteiger partial charge in [0.1, 0.15) is 5.75 Å². The van der Waals surface area contributed by atoms with E-state index in [0.29, 0.717) is 24.6 Å². The molecule has 0 radical (unpaired) electrons. The number of esters is 1. The first kappa shape index (κ1) is 22.7. The molecule has 2 heterocycles. The molecule has 32 heavy (non-hydrogen) atoms. The summed E-state index contributed by atoms with van der Waals surface area (Å²) < 4.78 is 10.7. The van der Waals surface area contributed by atoms with Crippen molar-refractivity contribution in [1.82, 2.24) is 15.0 Å². The smallest absolute Gasteiger partial charge is 0.330 e. The molecule has 2 aromatic heterocycles. The molecule has 0 N–H and O–H groups in total. The third kappa shape index (κ3) is 8.06. The summed E-state index contributed by atoms with van der Waals surface area (Å²) in [5.74, 6) is 12.8. The lowest BCUT2D eigenvalue weighted by molar-refractivity contribution is -0.137. The van der Waals surface area contributed by atoms with Crippen molar-refractivity contribution in [3.63, 3.8) is 0 Å². The fourth-order valence-electron chi connectivity index (χ4n) is 2.43. The second kappa shape index (κ2) is 12.7. The maximum absolute atomic E-state index is 10.9. The van der Waals surface area contributed by atoms with Crippen molar-refractivity contribution in [1.29, 1.82) is 0 Å². The number of benzene rings is 1. The van der Waals surface area contributed by atoms with Crippen molar-refractivity contribution >= 4 is 17.3 Å². The summed E-state index contributed by atoms with van der Waals surface area (Å²) in [7, 11) is 0. The summed E-state index contributed by atoms with van der Waals surface area (Å²) in [5, 5.41) is 2.60. The van der Waals surface area contributed by atoms with Crippen LogP contribution < -0.4 is 4.74 Å². The number of nitrogens with zero attached hydrogens (tertiary/aromatic N) is 3. The average molecular weight is 444 g/mol. The van der Waals surface area contributed by atoms with E-state index in [1.807, 2.05) is 29.6 Å². The van der Waals surface area contributed by atoms with Crippen molar-refractivity contribution in [2.24, 2.45) is 0 Å². The second-order valence-corrected chi connectivity index (χ2v) is 7.33. The van der Waals surface area contributed by atoms with Gasteiger partial charge in [-0.05, 0) is 55.4 Å². The number of aromatic nitrogens is 3. The Bertz CT molecular complexity index is 1130. The molecular formula is C25H21N3O3S. The first-order valence-corrected chi connectivity index (χ1v) is 10.9. The maximum atomic E-state index is 10.9. The highest BCUT2D eigenvalue weighted by molar-refractivity contribution is 7.10. The first-order chi connectivity index (χ1) is 15.7. The largest absolute Gasteiger partial charge is 0.494 e. The highest BCUT2D eigenvalue weighted by Gasteiger charge is 1.98. The van der Waals surface area contributed by atoms with E-state index in [1.165, 1.54) is 17.4 Å². The fraction of sp³-hybridized carbons (Fsp3) is 0.200. The average Bonchev–Trinajstić information content (AvgIpc) is 3.36. The predicted molar refractivity (Wildman–Crippen MR) is 123 cm³/mol. The fourth-order valence-corrected chi connectivity index (χ4v) is 2.92. The van der Waals surface area contributed by atoms with Gasteiger partial charge in [0.15, 0.2) is 5.01 Å². The minimum atomic E-state index is -0.383. The second-order valence-electron chi connectivity index (χ2n) is 6.44. The summed E-state index contributed by atoms with van der Waals surface area (Å²) in [4.78, 5) is 23.5. The molecule has 0 aliphatic rings. The lowest BCUT2D eigenvalue weighted by Gasteiger charge is -2.06. The van der Waals surface area contributed by atoms with Crippen LogP contribution in [0.2, 0.25) is 0 Å². The maximum Gasteiger partial charge on any atom is 0.330 e. The molecule has 0 aliphatic carbocycles. The predicted octanol–water partition coefficient (Wildman–Crippen LogP) is 4.01. The number of hydrogen-bond donors (Lipinski definition) is 0. The normalized spacial score (nSPS) is 9.62. The summed E-state index contributed by atoms with van der Waals surface area (Å²) in [6.07, 6.45) is 8.80. The van der Waals surface area contributed by atoms with E-state index in [-0.39, 0.29) is 5.97 Å². The Balaban J connectivity index is 1.41. The van der Waals surface area contributed by atoms with Crippen LogP contribution in [0.1, 0.15) is 41.2 Å². The van der Waals surface area contributed by atoms with Gasteiger partial charge in [0.2, 0.25) is 5.82 Å². The Kier molecular flexibility index (Phi) is 9.01. The van der Waals surface area contributed by atoms with Crippen molar-refractivity contribution in [2.75, 3.05) is 13.2 Å². The number of carbonyl (C=O) groups excluding carboxylic acids is 1. The molecule has 3 rings (SSSR count). The molecule has 0 saturated heterocycles. The van der Waals surface area contributed by atoms with E-state index < -0.39 is 0 Å². The molecule has 0 saturated carbocycles. The van der Waals surface area contributed by atoms with Crippen LogP contribution in [0.4, 0.5) is 0 Å². The molecule has 0 aliphatic heterocycles. The van der Waals surface area contributed by atoms with Gasteiger partial charge in [0, 0.05) is 35.6 Å². The van der Waals surface area contributed by atoms with Crippen LogP contribution in [-0.2, 0) is 9.53 Å². The summed E-state index contributed by atoms with van der Waals surface area (Å²) in [6, 6.07) is 7.60. The van der Waals surface area contributed by atoms with Gasteiger partial charge in [-0.1, -0.05) is 18.4 Å². The van der Waals surface area contributed by atoms with Crippen molar-refractivity contribution in [3.8, 4) is 29.4 Å². The summed E-state index contributed by atoms with van der Waals surface area (Å²) in [5.41, 5.74) is 1.58. The molecule has 0 atom stereocenters. The highest BCUT2D eigenvalue weighted by atomic mass is 32.1. The standard InChI is InChI=1S/C25H21N3O3S/c1-2-25(29)31-16-5-3-4-15-30-22-10-8-20(9-11-22)6-7-21-18-27-23(28-19-21)12-13-24-26-14-17-32-24/h2,8-11,14,17-19H,1,3-5,15-16H2. The van der Waals surface area contributed by atoms with Crippen molar-refractivity contribution in [2.45, 2.75) is 19.3 Å². The molecule has 0 bridgehead atoms. The molecule has 1 aromatic carbocycles. The van der Waals surface area contributed by atoms with Crippen LogP contribution in [0.25, 0.3) is 0 Å². The van der Waals surface area contributed by atoms with E-state index in [1.54, 1.807) is 18.6 Å². The van der Waals surface area contributed by atoms with Crippen LogP contribution in [0, 0.1) is 23.7 Å². The lowest BCUT2D eigenvalue weighted by atomic mass is 10.2. The van der Waals surface area contributed by atoms with Gasteiger partial charge in [0.05, 0.1) is 18.8 Å². The monoisotopic (exact) mass is 443 g/mol. The zero-order valence-corrected chi connectivity index (χ0v) is 18.2. The van der Waals surface area contributed by atoms with Gasteiger partial charge in [-0.2, -0.15) is 0 Å². The van der Waals surface area contributed by atoms with Gasteiger partial charge in [-0.25, -0.2) is 19.7 Å². The van der Waals surface area contributed by atoms with Crippen LogP contribution in [0.3, 0.4) is 0 Å². The quantitative estimate of drug-likeness (QED) is 0.227. The van der Waals surface area contributed by atoms with E-state index in [2.05, 4.69) is 45.2 Å². The van der Waals surface area contributed by atoms with Crippen molar-refractivity contribution in [3.05, 3.63) is 82.8 Å². The van der Waals surface area contributed by atoms with Gasteiger partial charge in [-0.15, -0.1) is 11.3 Å². The number of thiazole rings is 1. The highest BCUT2D eigenvalue weighted by Crippen LogP contribution is 2.12. The van der Waals surface area contributed by atoms with Crippen LogP contribution in [-0.4, -0.2) is 34.1 Å². The number of ether oxygens (including phenoxy) is 2. The summed E-state index contributed by atoms with van der Waals surface area (Å²) in [6.45, 7) is 4.37. The minimum absolute atomic E-state index is 0.383. The number of hydrogen-bond acceptors (Lipinski definition) is 7. The zero-order valence-electron chi connectivity index (χ0n) is 17.4. The number of rotatable bonds is 8. The van der Waals surface area contributed by atoms with Crippen LogP contribution in [0.15, 0.2) is 60.9 Å². The van der Waals surface area contributed by atoms with Gasteiger partial charge < -0.3 is 9.47 Å². The van der Waals surface area contributed by atoms with Crippen molar-refractivity contribution < 1.29 is 14.3 Å². The number of carbonyl (C=O) groups is 1. The Morgan fingerprint density at radius 1 is 0.938 bits per heavy atom. The molecule has 0 spiro atoms. The topological polar surface area (TPSA) is 74.2 Å². The Morgan fingerprint density at radius 2 is 1.69 bits per heavy atom. The molecular weight excluding hydrogens is 422 g/mol. The van der Waals surface area contributed by atoms with Crippen LogP contribution >= 0.6 is 11.3 Å². The lowest BCUT2D eigenvalue weighted by Crippen LogP contribution is -2.03. The molecule has 7 heteroatoms. The minimum Gasteiger partial charge on any atom is -0.494 e. The molecule has 160 valence electrons. The first-order valence-electron chi connectivity index (χ1n) is 10.0. The molecule has 0 fully saturated rings. The Labute approximate surface area is 191 Å². The summed E-state index contributed by atoms with van der Waals surface area (Å²) >= 11 is 1.47. The SMILES string of the molecule is C=CC(=O)OCCCCCOc1ccc(C#Cc2cnc(C#Cc3nccs3)nc2)cc1. The van der Waals surface area contributed by atoms with E-state index in [9.17, 15) is 4.79 Å². The molecule has 0 unspecified atom stereocenters. The van der Waals surface area contributed by atoms with E-state index >= 15 is 0 Å². The van der Waals surface area contributed by atoms with Gasteiger partial charge in [0.25, 0.3) is 0 Å². The van der Waals surface area contributed by atoms with Gasteiger partial charge >= 0.3 is 5.97 Å². The Hall–Kier alpha value is -3.94. The third-order valence-electron chi connectivity index (χ3n) is 4.04. The van der Waals surface area contributed by atoms with E-state index in [4.69, 9.17) is 9.47 Å². The van der Waals surface area contributed by atoms with Gasteiger partial charge in [-0.3, -0.25) is 0 Å².